The average molecular weight is 1310 g/mol. The second-order valence-electron chi connectivity index (χ2n) is 29.4. The number of nitrogens with one attached hydrogen (secondary N) is 2. The molecule has 1 aliphatic carbocycles. The molecule has 0 aromatic heterocycles. The van der Waals surface area contributed by atoms with Crippen molar-refractivity contribution in [1.82, 2.24) is 25.3 Å². The zero-order valence-electron chi connectivity index (χ0n) is 55.3. The second kappa shape index (κ2) is 27.0. The first-order valence-corrected chi connectivity index (χ1v) is 33.0. The Morgan fingerprint density at radius 1 is 0.484 bits per heavy atom. The van der Waals surface area contributed by atoms with Gasteiger partial charge in [0.1, 0.15) is 68.1 Å². The van der Waals surface area contributed by atoms with Gasteiger partial charge in [0.2, 0.25) is 17.4 Å². The van der Waals surface area contributed by atoms with Crippen LogP contribution in [0, 0.1) is 0 Å². The Kier molecular flexibility index (Phi) is 20.3. The van der Waals surface area contributed by atoms with Crippen LogP contribution in [0.25, 0.3) is 11.1 Å². The van der Waals surface area contributed by atoms with Crippen LogP contribution in [0.2, 0.25) is 0 Å². The maximum absolute atomic E-state index is 12.9. The van der Waals surface area contributed by atoms with E-state index in [0.29, 0.717) is 58.7 Å². The van der Waals surface area contributed by atoms with Crippen LogP contribution in [0.3, 0.4) is 0 Å². The van der Waals surface area contributed by atoms with E-state index >= 15 is 0 Å². The summed E-state index contributed by atoms with van der Waals surface area (Å²) in [6.45, 7) is 23.1. The van der Waals surface area contributed by atoms with E-state index < -0.39 is 107 Å². The third kappa shape index (κ3) is 15.7. The van der Waals surface area contributed by atoms with Gasteiger partial charge in [-0.3, -0.25) is 14.7 Å². The molecule has 10 N–H and O–H groups in total. The largest absolute Gasteiger partial charge is 0.449 e. The van der Waals surface area contributed by atoms with Crippen LogP contribution in [-0.4, -0.2) is 249 Å². The number of hydrogen-bond acceptors (Lipinski definition) is 23. The summed E-state index contributed by atoms with van der Waals surface area (Å²) < 4.78 is 64.8. The fourth-order valence-electron chi connectivity index (χ4n) is 14.8. The fourth-order valence-corrected chi connectivity index (χ4v) is 14.8. The van der Waals surface area contributed by atoms with Gasteiger partial charge in [0.25, 0.3) is 0 Å². The lowest BCUT2D eigenvalue weighted by Crippen LogP contribution is -2.64. The van der Waals surface area contributed by atoms with Crippen molar-refractivity contribution < 1.29 is 92.3 Å². The van der Waals surface area contributed by atoms with Crippen LogP contribution in [0.1, 0.15) is 123 Å². The monoisotopic (exact) mass is 1300 g/mol. The van der Waals surface area contributed by atoms with E-state index in [0.717, 1.165) is 44.3 Å². The normalized spacial score (nSPS) is 35.4. The third-order valence-electron chi connectivity index (χ3n) is 20.0. The molecule has 25 nitrogen and oxygen atoms in total. The van der Waals surface area contributed by atoms with Gasteiger partial charge < -0.3 is 99.1 Å². The number of hydrogen-bond donors (Lipinski definition) is 9. The zero-order valence-corrected chi connectivity index (χ0v) is 55.3. The molecule has 0 unspecified atom stereocenters. The van der Waals surface area contributed by atoms with E-state index in [1.54, 1.807) is 41.5 Å². The number of rotatable bonds is 12. The van der Waals surface area contributed by atoms with Crippen molar-refractivity contribution >= 4 is 12.2 Å². The molecule has 9 aliphatic heterocycles. The zero-order chi connectivity index (χ0) is 66.6. The van der Waals surface area contributed by atoms with Gasteiger partial charge in [-0.1, -0.05) is 78.9 Å². The lowest BCUT2D eigenvalue weighted by atomic mass is 9.88. The summed E-state index contributed by atoms with van der Waals surface area (Å²) in [7, 11) is 0. The quantitative estimate of drug-likeness (QED) is 0.125. The molecule has 93 heavy (non-hydrogen) atoms. The first kappa shape index (κ1) is 69.8. The van der Waals surface area contributed by atoms with Crippen molar-refractivity contribution in [3.8, 4) is 11.1 Å². The minimum atomic E-state index is -1.16. The van der Waals surface area contributed by atoms with Gasteiger partial charge in [0.15, 0.2) is 17.4 Å². The Morgan fingerprint density at radius 3 is 1.19 bits per heavy atom. The molecule has 12 atom stereocenters. The average Bonchev–Trinajstić information content (AvgIpc) is 1.64. The SMILES string of the molecule is CC1(N)CCN(C[C@@]23OC[C@@H](O)[C@@H](O)[C@@H]2OC(C)(C)O3)CC1.CC1(NC(=O)OCC2c3ccccc3-c3ccccc32)CCN(C[C@@]23OC[C@@H](O)[C@@H](O)[C@@H]2OC(C)(C)O3)CC1.CC1(NC(=O)OCc2ccccc2)CCN(C[C@@]23OC[C@@H](O)[C@@H](O)[C@@H]2OC(C)(C)O3)CC1. The number of benzene rings is 3. The van der Waals surface area contributed by atoms with Gasteiger partial charge in [-0.25, -0.2) is 9.59 Å². The van der Waals surface area contributed by atoms with E-state index in [2.05, 4.69) is 56.5 Å². The van der Waals surface area contributed by atoms with E-state index in [1.807, 2.05) is 68.4 Å². The van der Waals surface area contributed by atoms with E-state index in [1.165, 1.54) is 22.3 Å². The van der Waals surface area contributed by atoms with Gasteiger partial charge in [-0.2, -0.15) is 0 Å². The Morgan fingerprint density at radius 2 is 0.817 bits per heavy atom. The van der Waals surface area contributed by atoms with E-state index in [-0.39, 0.29) is 50.0 Å². The predicted molar refractivity (Wildman–Crippen MR) is 337 cm³/mol. The highest BCUT2D eigenvalue weighted by atomic mass is 16.9. The molecule has 9 heterocycles. The van der Waals surface area contributed by atoms with Crippen molar-refractivity contribution in [3.05, 3.63) is 95.6 Å². The second-order valence-corrected chi connectivity index (χ2v) is 29.4. The highest BCUT2D eigenvalue weighted by Gasteiger charge is 2.65. The lowest BCUT2D eigenvalue weighted by Gasteiger charge is -2.46. The van der Waals surface area contributed by atoms with Gasteiger partial charge >= 0.3 is 12.2 Å². The minimum Gasteiger partial charge on any atom is -0.449 e. The lowest BCUT2D eigenvalue weighted by molar-refractivity contribution is -0.298. The maximum atomic E-state index is 12.9. The van der Waals surface area contributed by atoms with Crippen molar-refractivity contribution in [2.45, 2.75) is 220 Å². The summed E-state index contributed by atoms with van der Waals surface area (Å²) in [5.41, 5.74) is 11.0. The van der Waals surface area contributed by atoms with Crippen LogP contribution in [0.5, 0.6) is 0 Å². The highest BCUT2D eigenvalue weighted by Crippen LogP contribution is 2.48. The van der Waals surface area contributed by atoms with Crippen molar-refractivity contribution in [3.63, 3.8) is 0 Å². The Labute approximate surface area is 545 Å². The van der Waals surface area contributed by atoms with Gasteiger partial charge in [0.05, 0.1) is 39.5 Å². The number of amides is 2. The Bertz CT molecular complexity index is 3000. The number of piperidine rings is 3. The van der Waals surface area contributed by atoms with Crippen molar-refractivity contribution in [2.75, 3.05) is 85.3 Å². The molecule has 3 aromatic carbocycles. The molecule has 0 radical (unpaired) electrons. The molecule has 9 saturated heterocycles. The molecule has 9 fully saturated rings. The number of alkyl carbamates (subject to hydrolysis) is 2. The molecular weight excluding hydrogens is 1200 g/mol. The van der Waals surface area contributed by atoms with E-state index in [4.69, 9.17) is 57.8 Å². The molecule has 0 saturated carbocycles. The first-order chi connectivity index (χ1) is 43.8. The molecule has 13 rings (SSSR count). The Balaban J connectivity index is 0.000000148. The molecule has 3 aromatic rings. The van der Waals surface area contributed by atoms with Crippen LogP contribution >= 0.6 is 0 Å². The molecule has 0 bridgehead atoms. The number of aliphatic hydroxyl groups is 6. The molecule has 516 valence electrons. The van der Waals surface area contributed by atoms with Crippen LogP contribution in [0.15, 0.2) is 78.9 Å². The van der Waals surface area contributed by atoms with Gasteiger partial charge in [0, 0.05) is 61.8 Å². The molecule has 10 aliphatic rings. The number of carbonyl (C=O) groups is 2. The van der Waals surface area contributed by atoms with Gasteiger partial charge in [-0.05, 0) is 129 Å². The number of aliphatic hydroxyl groups excluding tert-OH is 6. The summed E-state index contributed by atoms with van der Waals surface area (Å²) in [5.74, 6) is -6.03. The molecule has 0 spiro atoms. The van der Waals surface area contributed by atoms with Crippen LogP contribution < -0.4 is 16.4 Å². The standard InChI is InChI=1S/C30H38N2O7.C23H34N2O7.C15H28N2O5/c1-28(2)38-26-25(34)24(33)17-37-30(26,39-28)18-32-14-12-29(3,13-15-32)31-27(35)36-16-23-21-10-6-4-8-19(21)20-9-5-7-11-22(20)23;1-21(2)31-19-18(27)17(26)14-30-23(19,32-21)15-25-11-9-22(3,10-12-25)24-20(28)29-13-16-7-5-4-6-8-16;1-13(2)21-12-11(19)10(18)8-20-15(12,22-13)9-17-6-4-14(3,16)5-7-17/h4-11,23-26,33-34H,12-18H2,1-3H3,(H,31,35);4-8,17-19,26-27H,9-15H2,1-3H3,(H,24,28);10-12,18-19H,4-9,16H2,1-3H3/t24-,25-,26+,30+;17-,18-,19+,23+;10-,11-,12+,15+/m111/s1. The number of nitrogens with zero attached hydrogens (tertiary/aromatic N) is 3. The number of likely N-dealkylation sites (tertiary alicyclic amines) is 3. The predicted octanol–water partition coefficient (Wildman–Crippen LogP) is 3.75. The Hall–Kier alpha value is -4.56. The number of fused-ring (bicyclic) bond motifs is 6. The summed E-state index contributed by atoms with van der Waals surface area (Å²) >= 11 is 0. The summed E-state index contributed by atoms with van der Waals surface area (Å²) in [5, 5.41) is 67.4. The highest BCUT2D eigenvalue weighted by molar-refractivity contribution is 5.79. The molecule has 25 heteroatoms. The summed E-state index contributed by atoms with van der Waals surface area (Å²) in [6.07, 6.45) is -4.58. The number of ether oxygens (including phenoxy) is 11. The fraction of sp³-hybridized carbons (Fsp3) is 0.706. The van der Waals surface area contributed by atoms with Crippen LogP contribution in [-0.2, 0) is 58.7 Å². The minimum absolute atomic E-state index is 0.0164. The van der Waals surface area contributed by atoms with Crippen molar-refractivity contribution in [1.29, 1.82) is 0 Å². The third-order valence-corrected chi connectivity index (χ3v) is 20.0. The topological polar surface area (TPSA) is 317 Å². The first-order valence-electron chi connectivity index (χ1n) is 33.0. The van der Waals surface area contributed by atoms with Crippen molar-refractivity contribution in [2.24, 2.45) is 5.73 Å². The van der Waals surface area contributed by atoms with E-state index in [9.17, 15) is 40.2 Å². The molecule has 2 amide bonds. The summed E-state index contributed by atoms with van der Waals surface area (Å²) in [6, 6.07) is 26.2. The molecular formula is C68H100N6O19. The van der Waals surface area contributed by atoms with Crippen LogP contribution in [0.4, 0.5) is 9.59 Å². The number of carbonyl (C=O) groups excluding carboxylic acids is 2. The maximum Gasteiger partial charge on any atom is 0.407 e. The number of nitrogens with two attached hydrogens (primary N) is 1. The van der Waals surface area contributed by atoms with Gasteiger partial charge in [-0.15, -0.1) is 0 Å². The summed E-state index contributed by atoms with van der Waals surface area (Å²) in [4.78, 5) is 31.9. The smallest absolute Gasteiger partial charge is 0.407 e.